The summed E-state index contributed by atoms with van der Waals surface area (Å²) in [5.74, 6) is 0. The fourth-order valence-corrected chi connectivity index (χ4v) is 1.14. The molecule has 58 valence electrons. The highest BCUT2D eigenvalue weighted by atomic mass is 32.1. The Morgan fingerprint density at radius 3 is 2.36 bits per heavy atom. The molecule has 0 aliphatic rings. The van der Waals surface area contributed by atoms with E-state index in [4.69, 9.17) is 5.73 Å². The lowest BCUT2D eigenvalue weighted by atomic mass is 11.0. The van der Waals surface area contributed by atoms with Crippen LogP contribution in [0.4, 0.5) is 5.13 Å². The first-order valence-electron chi connectivity index (χ1n) is 2.86. The molecule has 2 rings (SSSR count). The van der Waals surface area contributed by atoms with Gasteiger partial charge in [0.1, 0.15) is 0 Å². The van der Waals surface area contributed by atoms with Crippen LogP contribution in [0.1, 0.15) is 0 Å². The fraction of sp³-hybridized carbons (Fsp3) is 0. The van der Waals surface area contributed by atoms with Crippen LogP contribution in [0, 0.1) is 0 Å². The molecule has 0 fully saturated rings. The molecule has 5 heteroatoms. The summed E-state index contributed by atoms with van der Waals surface area (Å²) in [5.41, 5.74) is 6.98. The fourth-order valence-electron chi connectivity index (χ4n) is 0.410. The molecule has 2 aromatic rings. The van der Waals surface area contributed by atoms with Gasteiger partial charge in [-0.1, -0.05) is 0 Å². The molecule has 0 aliphatic heterocycles. The van der Waals surface area contributed by atoms with Crippen molar-refractivity contribution in [2.75, 3.05) is 5.73 Å². The van der Waals surface area contributed by atoms with Gasteiger partial charge in [0.2, 0.25) is 0 Å². The molecule has 0 aliphatic carbocycles. The van der Waals surface area contributed by atoms with Crippen LogP contribution in [0.3, 0.4) is 0 Å². The number of nitrogen functional groups attached to an aromatic ring is 1. The predicted molar refractivity (Wildman–Crippen MR) is 48.6 cm³/mol. The van der Waals surface area contributed by atoms with E-state index in [0.29, 0.717) is 5.13 Å². The van der Waals surface area contributed by atoms with Gasteiger partial charge in [0, 0.05) is 23.2 Å². The third kappa shape index (κ3) is 3.69. The van der Waals surface area contributed by atoms with E-state index in [2.05, 4.69) is 9.97 Å². The number of rotatable bonds is 0. The normalized spacial score (nSPS) is 8.36. The molecule has 0 spiro atoms. The Labute approximate surface area is 72.6 Å². The van der Waals surface area contributed by atoms with Crippen LogP contribution >= 0.6 is 22.7 Å². The second-order valence-corrected chi connectivity index (χ2v) is 3.23. The molecular formula is C6H7N3S2. The van der Waals surface area contributed by atoms with Gasteiger partial charge in [0.15, 0.2) is 5.13 Å². The zero-order valence-electron chi connectivity index (χ0n) is 5.68. The van der Waals surface area contributed by atoms with E-state index in [-0.39, 0.29) is 0 Å². The van der Waals surface area contributed by atoms with E-state index in [9.17, 15) is 0 Å². The number of aromatic nitrogens is 2. The summed E-state index contributed by atoms with van der Waals surface area (Å²) in [4.78, 5) is 7.45. The number of nitrogens with zero attached hydrogens (tertiary/aromatic N) is 2. The minimum Gasteiger partial charge on any atom is -0.375 e. The summed E-state index contributed by atoms with van der Waals surface area (Å²) in [6.07, 6.45) is 3.45. The van der Waals surface area contributed by atoms with Gasteiger partial charge >= 0.3 is 0 Å². The van der Waals surface area contributed by atoms with E-state index in [1.54, 1.807) is 29.2 Å². The highest BCUT2D eigenvalue weighted by molar-refractivity contribution is 7.13. The molecule has 2 aromatic heterocycles. The van der Waals surface area contributed by atoms with Gasteiger partial charge in [-0.2, -0.15) is 0 Å². The molecule has 0 saturated heterocycles. The first-order valence-corrected chi connectivity index (χ1v) is 4.69. The highest BCUT2D eigenvalue weighted by Gasteiger charge is 1.76. The highest BCUT2D eigenvalue weighted by Crippen LogP contribution is 2.02. The molecule has 0 amide bonds. The molecule has 0 unspecified atom stereocenters. The average molecular weight is 185 g/mol. The van der Waals surface area contributed by atoms with Crippen LogP contribution in [0.15, 0.2) is 28.7 Å². The Bertz CT molecular complexity index is 234. The largest absolute Gasteiger partial charge is 0.375 e. The van der Waals surface area contributed by atoms with Crippen molar-refractivity contribution in [3.05, 3.63) is 28.7 Å². The second-order valence-electron chi connectivity index (χ2n) is 1.55. The average Bonchev–Trinajstić information content (AvgIpc) is 2.57. The third-order valence-electron chi connectivity index (χ3n) is 0.799. The maximum absolute atomic E-state index is 5.19. The molecule has 3 nitrogen and oxygen atoms in total. The lowest BCUT2D eigenvalue weighted by Crippen LogP contribution is -1.77. The molecule has 0 saturated carbocycles. The van der Waals surface area contributed by atoms with E-state index < -0.39 is 0 Å². The summed E-state index contributed by atoms with van der Waals surface area (Å²) in [7, 11) is 0. The zero-order valence-corrected chi connectivity index (χ0v) is 7.31. The standard InChI is InChI=1S/C3H4N2S.C3H3NS/c4-3-5-1-2-6-3;1-2-5-3-4-1/h1-2H,(H2,4,5);1-3H. The van der Waals surface area contributed by atoms with Gasteiger partial charge in [-0.05, 0) is 0 Å². The third-order valence-corrected chi connectivity index (χ3v) is 1.93. The van der Waals surface area contributed by atoms with Gasteiger partial charge < -0.3 is 5.73 Å². The van der Waals surface area contributed by atoms with Crippen LogP contribution in [-0.4, -0.2) is 9.97 Å². The Morgan fingerprint density at radius 2 is 2.18 bits per heavy atom. The summed E-state index contributed by atoms with van der Waals surface area (Å²) in [6, 6.07) is 0. The number of hydrogen-bond donors (Lipinski definition) is 1. The molecule has 0 radical (unpaired) electrons. The lowest BCUT2D eigenvalue weighted by Gasteiger charge is -1.67. The maximum Gasteiger partial charge on any atom is 0.179 e. The second kappa shape index (κ2) is 4.81. The Balaban J connectivity index is 0.000000112. The van der Waals surface area contributed by atoms with Gasteiger partial charge in [-0.25, -0.2) is 4.98 Å². The topological polar surface area (TPSA) is 51.8 Å². The van der Waals surface area contributed by atoms with Gasteiger partial charge in [-0.3, -0.25) is 4.98 Å². The van der Waals surface area contributed by atoms with Crippen LogP contribution in [0.5, 0.6) is 0 Å². The van der Waals surface area contributed by atoms with Crippen molar-refractivity contribution in [1.82, 2.24) is 9.97 Å². The Kier molecular flexibility index (Phi) is 3.57. The molecule has 0 aromatic carbocycles. The van der Waals surface area contributed by atoms with Crippen molar-refractivity contribution in [2.24, 2.45) is 0 Å². The SMILES string of the molecule is Nc1nccs1.c1cscn1. The van der Waals surface area contributed by atoms with Gasteiger partial charge in [0.05, 0.1) is 5.51 Å². The summed E-state index contributed by atoms with van der Waals surface area (Å²) < 4.78 is 0. The molecule has 11 heavy (non-hydrogen) atoms. The van der Waals surface area contributed by atoms with E-state index in [1.165, 1.54) is 11.3 Å². The summed E-state index contributed by atoms with van der Waals surface area (Å²) in [5, 5.41) is 4.41. The molecular weight excluding hydrogens is 178 g/mol. The Morgan fingerprint density at radius 1 is 1.27 bits per heavy atom. The van der Waals surface area contributed by atoms with Crippen molar-refractivity contribution in [3.63, 3.8) is 0 Å². The maximum atomic E-state index is 5.19. The lowest BCUT2D eigenvalue weighted by molar-refractivity contribution is 1.43. The first-order chi connectivity index (χ1) is 5.39. The van der Waals surface area contributed by atoms with E-state index in [1.807, 2.05) is 10.8 Å². The molecule has 0 bridgehead atoms. The summed E-state index contributed by atoms with van der Waals surface area (Å²) >= 11 is 3.05. The van der Waals surface area contributed by atoms with Crippen LogP contribution < -0.4 is 5.73 Å². The van der Waals surface area contributed by atoms with Crippen molar-refractivity contribution < 1.29 is 0 Å². The van der Waals surface area contributed by atoms with Crippen molar-refractivity contribution in [2.45, 2.75) is 0 Å². The van der Waals surface area contributed by atoms with Crippen molar-refractivity contribution in [3.8, 4) is 0 Å². The smallest absolute Gasteiger partial charge is 0.179 e. The number of hydrogen-bond acceptors (Lipinski definition) is 5. The van der Waals surface area contributed by atoms with Crippen molar-refractivity contribution >= 4 is 27.8 Å². The zero-order chi connectivity index (χ0) is 7.94. The molecule has 2 N–H and O–H groups in total. The molecule has 0 atom stereocenters. The minimum absolute atomic E-state index is 0.634. The number of nitrogens with two attached hydrogens (primary N) is 1. The first kappa shape index (κ1) is 8.16. The monoisotopic (exact) mass is 185 g/mol. The minimum atomic E-state index is 0.634. The Hall–Kier alpha value is -0.940. The van der Waals surface area contributed by atoms with Gasteiger partial charge in [0.25, 0.3) is 0 Å². The van der Waals surface area contributed by atoms with Crippen molar-refractivity contribution in [1.29, 1.82) is 0 Å². The van der Waals surface area contributed by atoms with Crippen LogP contribution in [-0.2, 0) is 0 Å². The van der Waals surface area contributed by atoms with E-state index >= 15 is 0 Å². The number of thiazole rings is 2. The van der Waals surface area contributed by atoms with Crippen LogP contribution in [0.2, 0.25) is 0 Å². The van der Waals surface area contributed by atoms with Gasteiger partial charge in [-0.15, -0.1) is 22.7 Å². The molecule has 2 heterocycles. The summed E-state index contributed by atoms with van der Waals surface area (Å²) in [6.45, 7) is 0. The van der Waals surface area contributed by atoms with Crippen LogP contribution in [0.25, 0.3) is 0 Å². The predicted octanol–water partition coefficient (Wildman–Crippen LogP) is 1.87. The van der Waals surface area contributed by atoms with E-state index in [0.717, 1.165) is 0 Å². The number of anilines is 1. The quantitative estimate of drug-likeness (QED) is 0.681.